The average molecular weight is 197 g/mol. The Hall–Kier alpha value is -1.07. The maximum atomic E-state index is 11.6. The van der Waals surface area contributed by atoms with Gasteiger partial charge in [-0.1, -0.05) is 0 Å². The van der Waals surface area contributed by atoms with E-state index in [4.69, 9.17) is 0 Å². The van der Waals surface area contributed by atoms with Crippen molar-refractivity contribution < 1.29 is 22.8 Å². The molecule has 0 saturated carbocycles. The topological polar surface area (TPSA) is 46.2 Å². The number of amides is 1. The third-order valence-electron chi connectivity index (χ3n) is 1.14. The third kappa shape index (κ3) is 8.84. The summed E-state index contributed by atoms with van der Waals surface area (Å²) in [6.45, 7) is 0.721. The second-order valence-electron chi connectivity index (χ2n) is 2.59. The average Bonchev–Trinajstić information content (AvgIpc) is 1.81. The lowest BCUT2D eigenvalue weighted by atomic mass is 10.3. The van der Waals surface area contributed by atoms with E-state index >= 15 is 0 Å². The number of alkyl halides is 3. The van der Waals surface area contributed by atoms with Crippen LogP contribution >= 0.6 is 0 Å². The molecule has 3 nitrogen and oxygen atoms in total. The number of halogens is 3. The van der Waals surface area contributed by atoms with Gasteiger partial charge in [0.2, 0.25) is 5.91 Å². The van der Waals surface area contributed by atoms with Gasteiger partial charge >= 0.3 is 6.18 Å². The minimum atomic E-state index is -4.27. The molecule has 0 bridgehead atoms. The van der Waals surface area contributed by atoms with Gasteiger partial charge in [0.05, 0.1) is 12.8 Å². The fourth-order valence-corrected chi connectivity index (χ4v) is 0.632. The van der Waals surface area contributed by atoms with Gasteiger partial charge in [0.15, 0.2) is 0 Å². The first-order valence-corrected chi connectivity index (χ1v) is 3.64. The molecule has 0 aromatic rings. The molecule has 13 heavy (non-hydrogen) atoms. The predicted molar refractivity (Wildman–Crippen MR) is 39.0 cm³/mol. The number of rotatable bonds is 4. The second kappa shape index (κ2) is 4.84. The maximum Gasteiger partial charge on any atom is 0.390 e. The molecule has 0 saturated heterocycles. The molecule has 0 heterocycles. The zero-order valence-corrected chi connectivity index (χ0v) is 7.07. The van der Waals surface area contributed by atoms with Crippen molar-refractivity contribution in [3.8, 4) is 0 Å². The van der Waals surface area contributed by atoms with Crippen molar-refractivity contribution in [1.29, 1.82) is 0 Å². The van der Waals surface area contributed by atoms with Crippen LogP contribution in [0, 0.1) is 0 Å². The summed E-state index contributed by atoms with van der Waals surface area (Å²) in [5, 5.41) is 1.99. The Labute approximate surface area is 73.3 Å². The van der Waals surface area contributed by atoms with Crippen LogP contribution < -0.4 is 5.32 Å². The number of nitrogens with one attached hydrogen (secondary N) is 1. The van der Waals surface area contributed by atoms with E-state index in [-0.39, 0.29) is 12.2 Å². The first kappa shape index (κ1) is 11.9. The number of hydrogen-bond acceptors (Lipinski definition) is 2. The summed E-state index contributed by atoms with van der Waals surface area (Å²) in [6, 6.07) is 0. The molecule has 76 valence electrons. The van der Waals surface area contributed by atoms with Crippen molar-refractivity contribution in [2.24, 2.45) is 0 Å². The van der Waals surface area contributed by atoms with Gasteiger partial charge in [-0.25, -0.2) is 0 Å². The lowest BCUT2D eigenvalue weighted by Crippen LogP contribution is -2.28. The van der Waals surface area contributed by atoms with Crippen LogP contribution in [0.2, 0.25) is 0 Å². The van der Waals surface area contributed by atoms with Crippen LogP contribution in [0.4, 0.5) is 13.2 Å². The molecule has 0 spiro atoms. The molecule has 0 aromatic heterocycles. The van der Waals surface area contributed by atoms with E-state index in [1.165, 1.54) is 6.92 Å². The van der Waals surface area contributed by atoms with Gasteiger partial charge in [-0.05, 0) is 6.92 Å². The highest BCUT2D eigenvalue weighted by Crippen LogP contribution is 2.17. The van der Waals surface area contributed by atoms with E-state index in [0.717, 1.165) is 0 Å². The first-order valence-electron chi connectivity index (χ1n) is 3.64. The molecule has 0 aliphatic heterocycles. The monoisotopic (exact) mass is 197 g/mol. The van der Waals surface area contributed by atoms with Crippen LogP contribution in [0.3, 0.4) is 0 Å². The molecular formula is C7H10F3NO2. The molecule has 0 aromatic carbocycles. The largest absolute Gasteiger partial charge is 0.390 e. The Morgan fingerprint density at radius 2 is 1.85 bits per heavy atom. The lowest BCUT2D eigenvalue weighted by molar-refractivity contribution is -0.135. The van der Waals surface area contributed by atoms with Crippen molar-refractivity contribution in [2.75, 3.05) is 6.54 Å². The SMILES string of the molecule is CC(=O)CC(=O)NCCC(F)(F)F. The van der Waals surface area contributed by atoms with Gasteiger partial charge in [-0.15, -0.1) is 0 Å². The smallest absolute Gasteiger partial charge is 0.355 e. The Balaban J connectivity index is 3.54. The molecule has 0 atom stereocenters. The number of carbonyl (C=O) groups excluding carboxylic acids is 2. The molecule has 0 unspecified atom stereocenters. The minimum Gasteiger partial charge on any atom is -0.355 e. The molecule has 0 radical (unpaired) electrons. The highest BCUT2D eigenvalue weighted by Gasteiger charge is 2.26. The minimum absolute atomic E-state index is 0.363. The van der Waals surface area contributed by atoms with Crippen LogP contribution in [0.1, 0.15) is 19.8 Å². The molecule has 0 fully saturated rings. The lowest BCUT2D eigenvalue weighted by Gasteiger charge is -2.06. The van der Waals surface area contributed by atoms with E-state index in [1.807, 2.05) is 5.32 Å². The van der Waals surface area contributed by atoms with Crippen LogP contribution in [-0.4, -0.2) is 24.4 Å². The van der Waals surface area contributed by atoms with Crippen LogP contribution in [0.25, 0.3) is 0 Å². The number of ketones is 1. The molecule has 1 amide bonds. The van der Waals surface area contributed by atoms with Crippen molar-refractivity contribution in [1.82, 2.24) is 5.32 Å². The molecule has 0 rings (SSSR count). The summed E-state index contributed by atoms with van der Waals surface area (Å²) < 4.78 is 34.7. The third-order valence-corrected chi connectivity index (χ3v) is 1.14. The number of hydrogen-bond donors (Lipinski definition) is 1. The van der Waals surface area contributed by atoms with Crippen molar-refractivity contribution in [3.05, 3.63) is 0 Å². The Morgan fingerprint density at radius 3 is 2.23 bits per heavy atom. The van der Waals surface area contributed by atoms with E-state index in [9.17, 15) is 22.8 Å². The van der Waals surface area contributed by atoms with Gasteiger partial charge in [0.1, 0.15) is 5.78 Å². The van der Waals surface area contributed by atoms with Crippen molar-refractivity contribution in [3.63, 3.8) is 0 Å². The van der Waals surface area contributed by atoms with E-state index < -0.39 is 25.0 Å². The van der Waals surface area contributed by atoms with E-state index in [0.29, 0.717) is 0 Å². The van der Waals surface area contributed by atoms with Gasteiger partial charge in [-0.2, -0.15) is 13.2 Å². The van der Waals surface area contributed by atoms with Gasteiger partial charge in [0.25, 0.3) is 0 Å². The zero-order chi connectivity index (χ0) is 10.5. The molecular weight excluding hydrogens is 187 g/mol. The Kier molecular flexibility index (Phi) is 4.44. The first-order chi connectivity index (χ1) is 5.81. The fraction of sp³-hybridized carbons (Fsp3) is 0.714. The Morgan fingerprint density at radius 1 is 1.31 bits per heavy atom. The summed E-state index contributed by atoms with van der Waals surface area (Å²) in [4.78, 5) is 21.0. The molecule has 6 heteroatoms. The maximum absolute atomic E-state index is 11.6. The van der Waals surface area contributed by atoms with Crippen LogP contribution in [0.5, 0.6) is 0 Å². The van der Waals surface area contributed by atoms with Crippen LogP contribution in [0.15, 0.2) is 0 Å². The summed E-state index contributed by atoms with van der Waals surface area (Å²) in [5.74, 6) is -1.04. The van der Waals surface area contributed by atoms with Gasteiger partial charge in [0, 0.05) is 6.54 Å². The standard InChI is InChI=1S/C7H10F3NO2/c1-5(12)4-6(13)11-3-2-7(8,9)10/h2-4H2,1H3,(H,11,13). The molecule has 0 aliphatic carbocycles. The molecule has 1 N–H and O–H groups in total. The zero-order valence-electron chi connectivity index (χ0n) is 7.07. The molecule has 0 aliphatic rings. The van der Waals surface area contributed by atoms with E-state index in [1.54, 1.807) is 0 Å². The summed E-state index contributed by atoms with van der Waals surface area (Å²) in [7, 11) is 0. The fourth-order valence-electron chi connectivity index (χ4n) is 0.632. The number of Topliss-reactive ketones (excluding diaryl/α,β-unsaturated/α-hetero) is 1. The normalized spacial score (nSPS) is 11.1. The van der Waals surface area contributed by atoms with Crippen molar-refractivity contribution >= 4 is 11.7 Å². The second-order valence-corrected chi connectivity index (χ2v) is 2.59. The highest BCUT2D eigenvalue weighted by molar-refractivity contribution is 5.96. The summed E-state index contributed by atoms with van der Waals surface area (Å²) in [6.07, 6.45) is -5.71. The quantitative estimate of drug-likeness (QED) is 0.684. The van der Waals surface area contributed by atoms with E-state index in [2.05, 4.69) is 0 Å². The van der Waals surface area contributed by atoms with Gasteiger partial charge in [-0.3, -0.25) is 9.59 Å². The van der Waals surface area contributed by atoms with Crippen molar-refractivity contribution in [2.45, 2.75) is 25.9 Å². The summed E-state index contributed by atoms with van der Waals surface area (Å²) >= 11 is 0. The summed E-state index contributed by atoms with van der Waals surface area (Å²) in [5.41, 5.74) is 0. The number of carbonyl (C=O) groups is 2. The van der Waals surface area contributed by atoms with Crippen LogP contribution in [-0.2, 0) is 9.59 Å². The highest BCUT2D eigenvalue weighted by atomic mass is 19.4. The predicted octanol–water partition coefficient (Wildman–Crippen LogP) is 1.03. The van der Waals surface area contributed by atoms with Gasteiger partial charge < -0.3 is 5.32 Å². The Bertz CT molecular complexity index is 200.